The Morgan fingerprint density at radius 3 is 2.63 bits per heavy atom. The van der Waals surface area contributed by atoms with E-state index in [9.17, 15) is 13.2 Å². The third-order valence-corrected chi connectivity index (χ3v) is 6.73. The average molecular weight is 516 g/mol. The maximum absolute atomic E-state index is 12.1. The van der Waals surface area contributed by atoms with Gasteiger partial charge in [0.1, 0.15) is 12.0 Å². The van der Waals surface area contributed by atoms with Crippen molar-refractivity contribution in [1.29, 1.82) is 0 Å². The highest BCUT2D eigenvalue weighted by atomic mass is 35.5. The van der Waals surface area contributed by atoms with Crippen molar-refractivity contribution < 1.29 is 17.9 Å². The van der Waals surface area contributed by atoms with E-state index < -0.39 is 6.36 Å². The molecule has 1 aliphatic heterocycles. The van der Waals surface area contributed by atoms with E-state index in [4.69, 9.17) is 16.6 Å². The second-order valence-corrected chi connectivity index (χ2v) is 9.87. The van der Waals surface area contributed by atoms with Crippen LogP contribution in [-0.4, -0.2) is 55.0 Å². The molecular formula is C25H37ClF3N5O. The second kappa shape index (κ2) is 13.6. The normalized spacial score (nSPS) is 23.7. The van der Waals surface area contributed by atoms with Gasteiger partial charge in [-0.15, -0.1) is 13.2 Å². The number of hydrogen-bond donors (Lipinski definition) is 3. The minimum Gasteiger partial charge on any atom is -0.367 e. The molecule has 2 aliphatic rings. The molecule has 0 spiro atoms. The number of halogens is 4. The number of hydrogen-bond acceptors (Lipinski definition) is 6. The van der Waals surface area contributed by atoms with Crippen LogP contribution in [0.2, 0.25) is 5.02 Å². The number of aliphatic imine (C=N–C) groups is 1. The van der Waals surface area contributed by atoms with Crippen molar-refractivity contribution in [3.63, 3.8) is 0 Å². The molecule has 1 aromatic heterocycles. The highest BCUT2D eigenvalue weighted by Gasteiger charge is 2.29. The third-order valence-electron chi connectivity index (χ3n) is 6.42. The number of alkyl halides is 3. The molecule has 0 radical (unpaired) electrons. The zero-order valence-corrected chi connectivity index (χ0v) is 21.3. The highest BCUT2D eigenvalue weighted by molar-refractivity contribution is 6.35. The lowest BCUT2D eigenvalue weighted by molar-refractivity contribution is -0.323. The summed E-state index contributed by atoms with van der Waals surface area (Å²) in [6, 6.07) is 2.40. The van der Waals surface area contributed by atoms with Gasteiger partial charge in [0.05, 0.1) is 17.3 Å². The molecule has 2 unspecified atom stereocenters. The molecule has 2 heterocycles. The van der Waals surface area contributed by atoms with E-state index in [0.29, 0.717) is 10.9 Å². The Morgan fingerprint density at radius 2 is 1.91 bits per heavy atom. The predicted octanol–water partition coefficient (Wildman–Crippen LogP) is 5.69. The van der Waals surface area contributed by atoms with Crippen molar-refractivity contribution in [2.45, 2.75) is 83.4 Å². The van der Waals surface area contributed by atoms with Gasteiger partial charge in [0.2, 0.25) is 0 Å². The topological polar surface area (TPSA) is 70.6 Å². The molecular weight excluding hydrogens is 479 g/mol. The molecule has 1 aliphatic carbocycles. The summed E-state index contributed by atoms with van der Waals surface area (Å²) in [5.74, 6) is 1.37. The number of anilines is 1. The quantitative estimate of drug-likeness (QED) is 0.312. The van der Waals surface area contributed by atoms with Crippen LogP contribution < -0.4 is 16.0 Å². The van der Waals surface area contributed by atoms with Crippen LogP contribution in [0.1, 0.15) is 64.4 Å². The Kier molecular flexibility index (Phi) is 10.8. The fourth-order valence-electron chi connectivity index (χ4n) is 4.59. The largest absolute Gasteiger partial charge is 0.522 e. The van der Waals surface area contributed by atoms with E-state index >= 15 is 0 Å². The zero-order chi connectivity index (χ0) is 25.3. The first-order chi connectivity index (χ1) is 16.7. The Morgan fingerprint density at radius 1 is 1.17 bits per heavy atom. The van der Waals surface area contributed by atoms with Crippen molar-refractivity contribution in [2.75, 3.05) is 25.0 Å². The number of pyridine rings is 1. The molecule has 0 aromatic carbocycles. The number of nitrogens with one attached hydrogen (secondary N) is 3. The van der Waals surface area contributed by atoms with Crippen LogP contribution in [-0.2, 0) is 4.74 Å². The molecule has 3 rings (SSSR count). The van der Waals surface area contributed by atoms with E-state index in [0.717, 1.165) is 55.7 Å². The monoisotopic (exact) mass is 515 g/mol. The molecule has 1 aromatic rings. The Balaban J connectivity index is 1.50. The van der Waals surface area contributed by atoms with Crippen LogP contribution in [0.5, 0.6) is 0 Å². The number of nitrogens with zero attached hydrogens (tertiary/aromatic N) is 2. The summed E-state index contributed by atoms with van der Waals surface area (Å²) in [5.41, 5.74) is 1.70. The molecule has 3 N–H and O–H groups in total. The standard InChI is InChI=1S/C25H37ClF3N5O/c1-3-5-17(2)15-31-23-7-4-6-22(34-23)20-14-24(32-16-21(20)26)33-19-10-8-18(9-11-19)30-12-13-35-25(27,28)29/h4,6,14,16-19,23,30-31H,3,5,7-13,15H2,1-2H3,(H,32,33). The minimum absolute atomic E-state index is 0.0410. The first kappa shape index (κ1) is 27.9. The number of allylic oxidation sites excluding steroid dienone is 1. The van der Waals surface area contributed by atoms with Crippen molar-refractivity contribution in [3.8, 4) is 0 Å². The summed E-state index contributed by atoms with van der Waals surface area (Å²) in [7, 11) is 0. The number of aromatic nitrogens is 1. The van der Waals surface area contributed by atoms with Crippen molar-refractivity contribution in [2.24, 2.45) is 10.9 Å². The Labute approximate surface area is 211 Å². The summed E-state index contributed by atoms with van der Waals surface area (Å²) in [4.78, 5) is 9.34. The van der Waals surface area contributed by atoms with Gasteiger partial charge in [0, 0.05) is 36.8 Å². The van der Waals surface area contributed by atoms with E-state index in [2.05, 4.69) is 45.6 Å². The lowest BCUT2D eigenvalue weighted by Crippen LogP contribution is -2.39. The first-order valence-electron chi connectivity index (χ1n) is 12.6. The van der Waals surface area contributed by atoms with Gasteiger partial charge in [-0.2, -0.15) is 0 Å². The van der Waals surface area contributed by atoms with Crippen LogP contribution in [0, 0.1) is 5.92 Å². The van der Waals surface area contributed by atoms with Crippen LogP contribution in [0.4, 0.5) is 19.0 Å². The summed E-state index contributed by atoms with van der Waals surface area (Å²) >= 11 is 6.48. The van der Waals surface area contributed by atoms with Gasteiger partial charge in [0.25, 0.3) is 0 Å². The smallest absolute Gasteiger partial charge is 0.367 e. The summed E-state index contributed by atoms with van der Waals surface area (Å²) < 4.78 is 40.0. The van der Waals surface area contributed by atoms with Gasteiger partial charge >= 0.3 is 6.36 Å². The molecule has 1 fully saturated rings. The predicted molar refractivity (Wildman–Crippen MR) is 135 cm³/mol. The first-order valence-corrected chi connectivity index (χ1v) is 13.0. The van der Waals surface area contributed by atoms with Crippen molar-refractivity contribution in [1.82, 2.24) is 15.6 Å². The van der Waals surface area contributed by atoms with Crippen molar-refractivity contribution in [3.05, 3.63) is 35.0 Å². The van der Waals surface area contributed by atoms with E-state index in [1.165, 1.54) is 12.8 Å². The van der Waals surface area contributed by atoms with Gasteiger partial charge in [-0.25, -0.2) is 4.98 Å². The summed E-state index contributed by atoms with van der Waals surface area (Å²) in [6.45, 7) is 5.21. The fourth-order valence-corrected chi connectivity index (χ4v) is 4.79. The second-order valence-electron chi connectivity index (χ2n) is 9.46. The summed E-state index contributed by atoms with van der Waals surface area (Å²) in [6.07, 6.45) is 8.06. The Hall–Kier alpha value is -1.68. The maximum atomic E-state index is 12.1. The number of dihydropyridines is 1. The zero-order valence-electron chi connectivity index (χ0n) is 20.5. The lowest BCUT2D eigenvalue weighted by Gasteiger charge is -2.30. The van der Waals surface area contributed by atoms with Gasteiger partial charge in [-0.3, -0.25) is 15.0 Å². The molecule has 2 atom stereocenters. The van der Waals surface area contributed by atoms with E-state index in [1.54, 1.807) is 6.20 Å². The van der Waals surface area contributed by atoms with E-state index in [-0.39, 0.29) is 31.4 Å². The van der Waals surface area contributed by atoms with E-state index in [1.807, 2.05) is 12.1 Å². The van der Waals surface area contributed by atoms with Gasteiger partial charge in [-0.05, 0) is 56.7 Å². The molecule has 0 bridgehead atoms. The van der Waals surface area contributed by atoms with Gasteiger partial charge in [0.15, 0.2) is 0 Å². The van der Waals surface area contributed by atoms with Crippen LogP contribution in [0.15, 0.2) is 29.4 Å². The molecule has 35 heavy (non-hydrogen) atoms. The Bertz CT molecular complexity index is 856. The summed E-state index contributed by atoms with van der Waals surface area (Å²) in [5, 5.41) is 10.8. The molecule has 1 saturated carbocycles. The fraction of sp³-hybridized carbons (Fsp3) is 0.680. The van der Waals surface area contributed by atoms with Gasteiger partial charge < -0.3 is 10.6 Å². The maximum Gasteiger partial charge on any atom is 0.522 e. The highest BCUT2D eigenvalue weighted by Crippen LogP contribution is 2.26. The molecule has 0 amide bonds. The molecule has 6 nitrogen and oxygen atoms in total. The van der Waals surface area contributed by atoms with Crippen LogP contribution >= 0.6 is 11.6 Å². The molecule has 0 saturated heterocycles. The number of ether oxygens (including phenoxy) is 1. The van der Waals surface area contributed by atoms with Crippen molar-refractivity contribution >= 4 is 23.1 Å². The van der Waals surface area contributed by atoms with Gasteiger partial charge in [-0.1, -0.05) is 37.9 Å². The van der Waals surface area contributed by atoms with Crippen LogP contribution in [0.3, 0.4) is 0 Å². The number of rotatable bonds is 12. The van der Waals surface area contributed by atoms with Crippen LogP contribution in [0.25, 0.3) is 0 Å². The molecule has 196 valence electrons. The average Bonchev–Trinajstić information content (AvgIpc) is 2.82. The third kappa shape index (κ3) is 9.71. The lowest BCUT2D eigenvalue weighted by atomic mass is 9.91. The molecule has 10 heteroatoms. The minimum atomic E-state index is -4.57. The SMILES string of the molecule is CCCC(C)CNC1CC=CC(c2cc(NC3CCC(NCCOC(F)(F)F)CC3)ncc2Cl)=N1.